The Morgan fingerprint density at radius 1 is 1.53 bits per heavy atom. The summed E-state index contributed by atoms with van der Waals surface area (Å²) in [5.41, 5.74) is 2.17. The van der Waals surface area contributed by atoms with Crippen LogP contribution < -0.4 is 0 Å². The Morgan fingerprint density at radius 3 is 3.07 bits per heavy atom. The third-order valence-electron chi connectivity index (χ3n) is 2.08. The molecule has 2 aliphatic heterocycles. The largest absolute Gasteiger partial charge is 0.463 e. The number of rotatable bonds is 2. The van der Waals surface area contributed by atoms with Gasteiger partial charge in [0.15, 0.2) is 0 Å². The standard InChI is InChI=1S/C10H9BrN2O2/c1-2-15-10(14)6-3-8-9(13-4-6)7(11)5-12-8/h4-5H,2-3H2,1H3. The van der Waals surface area contributed by atoms with Crippen molar-refractivity contribution in [2.45, 2.75) is 13.3 Å². The first-order valence-corrected chi connectivity index (χ1v) is 5.38. The summed E-state index contributed by atoms with van der Waals surface area (Å²) in [7, 11) is 0. The molecule has 0 saturated heterocycles. The van der Waals surface area contributed by atoms with Gasteiger partial charge in [0.1, 0.15) is 5.71 Å². The van der Waals surface area contributed by atoms with Crippen LogP contribution in [0.25, 0.3) is 0 Å². The number of carbonyl (C=O) groups excluding carboxylic acids is 1. The maximum absolute atomic E-state index is 11.4. The summed E-state index contributed by atoms with van der Waals surface area (Å²) in [6.07, 6.45) is 3.73. The van der Waals surface area contributed by atoms with Crippen molar-refractivity contribution in [2.24, 2.45) is 9.98 Å². The zero-order valence-corrected chi connectivity index (χ0v) is 9.74. The van der Waals surface area contributed by atoms with E-state index >= 15 is 0 Å². The molecule has 15 heavy (non-hydrogen) atoms. The molecule has 0 spiro atoms. The fourth-order valence-corrected chi connectivity index (χ4v) is 1.81. The van der Waals surface area contributed by atoms with Crippen LogP contribution in [0.3, 0.4) is 0 Å². The van der Waals surface area contributed by atoms with Crippen LogP contribution in [0.1, 0.15) is 13.3 Å². The number of ether oxygens (including phenoxy) is 1. The van der Waals surface area contributed by atoms with E-state index in [2.05, 4.69) is 25.9 Å². The molecule has 2 rings (SSSR count). The Balaban J connectivity index is 2.19. The lowest BCUT2D eigenvalue weighted by Crippen LogP contribution is -2.19. The van der Waals surface area contributed by atoms with Gasteiger partial charge in [0.2, 0.25) is 0 Å². The van der Waals surface area contributed by atoms with E-state index in [0.29, 0.717) is 18.6 Å². The molecule has 0 N–H and O–H groups in total. The predicted octanol–water partition coefficient (Wildman–Crippen LogP) is 1.97. The van der Waals surface area contributed by atoms with Crippen LogP contribution in [0.2, 0.25) is 0 Å². The van der Waals surface area contributed by atoms with Crippen molar-refractivity contribution in [2.75, 3.05) is 6.61 Å². The highest BCUT2D eigenvalue weighted by Gasteiger charge is 2.24. The quantitative estimate of drug-likeness (QED) is 0.719. The smallest absolute Gasteiger partial charge is 0.335 e. The number of carbonyl (C=O) groups is 1. The fourth-order valence-electron chi connectivity index (χ4n) is 1.38. The number of aliphatic imine (C=N–C) groups is 2. The molecule has 78 valence electrons. The van der Waals surface area contributed by atoms with Crippen LogP contribution in [-0.2, 0) is 9.53 Å². The zero-order chi connectivity index (χ0) is 10.8. The normalized spacial score (nSPS) is 18.5. The Kier molecular flexibility index (Phi) is 2.81. The molecule has 0 aromatic rings. The van der Waals surface area contributed by atoms with Gasteiger partial charge in [-0.1, -0.05) is 0 Å². The molecule has 0 radical (unpaired) electrons. The van der Waals surface area contributed by atoms with Crippen LogP contribution in [0.15, 0.2) is 32.4 Å². The van der Waals surface area contributed by atoms with Crippen LogP contribution >= 0.6 is 15.9 Å². The number of fused-ring (bicyclic) bond motifs is 1. The molecule has 0 aromatic carbocycles. The first-order valence-electron chi connectivity index (χ1n) is 4.59. The van der Waals surface area contributed by atoms with Crippen molar-refractivity contribution in [1.82, 2.24) is 0 Å². The van der Waals surface area contributed by atoms with Gasteiger partial charge in [0, 0.05) is 18.8 Å². The number of hydrogen-bond donors (Lipinski definition) is 0. The van der Waals surface area contributed by atoms with Crippen molar-refractivity contribution in [1.29, 1.82) is 0 Å². The second kappa shape index (κ2) is 4.10. The van der Waals surface area contributed by atoms with E-state index in [0.717, 1.165) is 15.9 Å². The summed E-state index contributed by atoms with van der Waals surface area (Å²) < 4.78 is 5.75. The predicted molar refractivity (Wildman–Crippen MR) is 61.2 cm³/mol. The Hall–Kier alpha value is -1.23. The highest BCUT2D eigenvalue weighted by molar-refractivity contribution is 9.12. The minimum absolute atomic E-state index is 0.314. The molecule has 0 aromatic heterocycles. The van der Waals surface area contributed by atoms with Crippen LogP contribution in [-0.4, -0.2) is 24.0 Å². The number of nitrogens with zero attached hydrogens (tertiary/aromatic N) is 2. The van der Waals surface area contributed by atoms with E-state index in [1.807, 2.05) is 0 Å². The second-order valence-corrected chi connectivity index (χ2v) is 3.94. The highest BCUT2D eigenvalue weighted by atomic mass is 79.9. The monoisotopic (exact) mass is 268 g/mol. The minimum atomic E-state index is -0.314. The first-order chi connectivity index (χ1) is 7.22. The first kappa shape index (κ1) is 10.3. The lowest BCUT2D eigenvalue weighted by atomic mass is 10.0. The van der Waals surface area contributed by atoms with Crippen molar-refractivity contribution in [3.8, 4) is 0 Å². The van der Waals surface area contributed by atoms with Crippen molar-refractivity contribution >= 4 is 33.3 Å². The fraction of sp³-hybridized carbons (Fsp3) is 0.300. The van der Waals surface area contributed by atoms with Gasteiger partial charge in [-0.15, -0.1) is 0 Å². The van der Waals surface area contributed by atoms with Gasteiger partial charge in [0.25, 0.3) is 0 Å². The molecule has 0 atom stereocenters. The zero-order valence-electron chi connectivity index (χ0n) is 8.16. The molecular formula is C10H9BrN2O2. The third kappa shape index (κ3) is 1.92. The molecule has 4 nitrogen and oxygen atoms in total. The minimum Gasteiger partial charge on any atom is -0.463 e. The summed E-state index contributed by atoms with van der Waals surface area (Å²) in [6.45, 7) is 2.16. The lowest BCUT2D eigenvalue weighted by Gasteiger charge is -2.11. The van der Waals surface area contributed by atoms with E-state index in [1.54, 1.807) is 19.3 Å². The summed E-state index contributed by atoms with van der Waals surface area (Å²) in [5.74, 6) is -0.314. The molecule has 0 fully saturated rings. The van der Waals surface area contributed by atoms with Gasteiger partial charge in [-0.05, 0) is 22.9 Å². The van der Waals surface area contributed by atoms with Gasteiger partial charge in [-0.3, -0.25) is 9.98 Å². The highest BCUT2D eigenvalue weighted by Crippen LogP contribution is 2.23. The Morgan fingerprint density at radius 2 is 2.33 bits per heavy atom. The lowest BCUT2D eigenvalue weighted by molar-refractivity contribution is -0.138. The molecule has 0 amide bonds. The second-order valence-electron chi connectivity index (χ2n) is 3.08. The van der Waals surface area contributed by atoms with Gasteiger partial charge in [0.05, 0.1) is 22.4 Å². The third-order valence-corrected chi connectivity index (χ3v) is 2.66. The van der Waals surface area contributed by atoms with E-state index < -0.39 is 0 Å². The SMILES string of the molecule is CCOC(=O)C1=CN=C2C(Br)=CN=C2C1. The average molecular weight is 269 g/mol. The summed E-state index contributed by atoms with van der Waals surface area (Å²) in [4.78, 5) is 19.7. The number of hydrogen-bond acceptors (Lipinski definition) is 4. The maximum Gasteiger partial charge on any atom is 0.335 e. The number of halogens is 1. The molecule has 0 aliphatic carbocycles. The molecule has 0 saturated carbocycles. The van der Waals surface area contributed by atoms with Gasteiger partial charge < -0.3 is 4.74 Å². The van der Waals surface area contributed by atoms with Crippen molar-refractivity contribution in [3.63, 3.8) is 0 Å². The van der Waals surface area contributed by atoms with Crippen LogP contribution in [0.5, 0.6) is 0 Å². The topological polar surface area (TPSA) is 51.0 Å². The molecular weight excluding hydrogens is 260 g/mol. The average Bonchev–Trinajstić information content (AvgIpc) is 2.60. The molecule has 2 aliphatic rings. The van der Waals surface area contributed by atoms with E-state index in [1.165, 1.54) is 0 Å². The summed E-state index contributed by atoms with van der Waals surface area (Å²) in [6, 6.07) is 0. The van der Waals surface area contributed by atoms with Crippen LogP contribution in [0.4, 0.5) is 0 Å². The van der Waals surface area contributed by atoms with E-state index in [4.69, 9.17) is 4.74 Å². The van der Waals surface area contributed by atoms with Crippen molar-refractivity contribution in [3.05, 3.63) is 22.5 Å². The van der Waals surface area contributed by atoms with Gasteiger partial charge >= 0.3 is 5.97 Å². The summed E-state index contributed by atoms with van der Waals surface area (Å²) >= 11 is 3.34. The maximum atomic E-state index is 11.4. The van der Waals surface area contributed by atoms with Gasteiger partial charge in [-0.25, -0.2) is 4.79 Å². The number of allylic oxidation sites excluding steroid dienone is 1. The van der Waals surface area contributed by atoms with Gasteiger partial charge in [-0.2, -0.15) is 0 Å². The van der Waals surface area contributed by atoms with Crippen molar-refractivity contribution < 1.29 is 9.53 Å². The van der Waals surface area contributed by atoms with E-state index in [-0.39, 0.29) is 5.97 Å². The Labute approximate surface area is 95.6 Å². The van der Waals surface area contributed by atoms with Crippen LogP contribution in [0, 0.1) is 0 Å². The summed E-state index contributed by atoms with van der Waals surface area (Å²) in [5, 5.41) is 0. The molecule has 5 heteroatoms. The molecule has 0 unspecified atom stereocenters. The molecule has 0 bridgehead atoms. The molecule has 2 heterocycles. The Bertz CT molecular complexity index is 433. The van der Waals surface area contributed by atoms with E-state index in [9.17, 15) is 4.79 Å². The number of esters is 1.